The predicted molar refractivity (Wildman–Crippen MR) is 69.9 cm³/mol. The standard InChI is InChI=1S/C10H10N4OS2/c1-16-10-7(8(11)15)9(17-14-10)13-6-2-4-12-5-3-6/h2-5H,1H3,(H2,11,15)(H,12,13). The van der Waals surface area contributed by atoms with Gasteiger partial charge in [0.2, 0.25) is 0 Å². The summed E-state index contributed by atoms with van der Waals surface area (Å²) in [5.74, 6) is -0.473. The molecule has 0 saturated carbocycles. The van der Waals surface area contributed by atoms with Crippen LogP contribution in [0.15, 0.2) is 29.6 Å². The number of primary amides is 1. The highest BCUT2D eigenvalue weighted by Gasteiger charge is 2.18. The third-order valence-corrected chi connectivity index (χ3v) is 3.60. The fraction of sp³-hybridized carbons (Fsp3) is 0.100. The van der Waals surface area contributed by atoms with Crippen molar-refractivity contribution in [2.45, 2.75) is 5.03 Å². The van der Waals surface area contributed by atoms with Crippen molar-refractivity contribution in [3.63, 3.8) is 0 Å². The van der Waals surface area contributed by atoms with E-state index in [-0.39, 0.29) is 0 Å². The molecule has 0 aliphatic heterocycles. The van der Waals surface area contributed by atoms with Gasteiger partial charge in [0.15, 0.2) is 0 Å². The molecular weight excluding hydrogens is 256 g/mol. The van der Waals surface area contributed by atoms with E-state index in [2.05, 4.69) is 14.7 Å². The molecule has 5 nitrogen and oxygen atoms in total. The van der Waals surface area contributed by atoms with Gasteiger partial charge < -0.3 is 11.1 Å². The van der Waals surface area contributed by atoms with Gasteiger partial charge in [-0.3, -0.25) is 9.78 Å². The summed E-state index contributed by atoms with van der Waals surface area (Å²) in [6.45, 7) is 0. The summed E-state index contributed by atoms with van der Waals surface area (Å²) in [5, 5.41) is 4.42. The van der Waals surface area contributed by atoms with E-state index in [1.54, 1.807) is 12.4 Å². The van der Waals surface area contributed by atoms with Crippen LogP contribution in [0.1, 0.15) is 10.4 Å². The zero-order chi connectivity index (χ0) is 12.3. The molecule has 7 heteroatoms. The Morgan fingerprint density at radius 2 is 2.18 bits per heavy atom. The lowest BCUT2D eigenvalue weighted by molar-refractivity contribution is 0.0998. The molecule has 2 aromatic rings. The van der Waals surface area contributed by atoms with Gasteiger partial charge in [-0.15, -0.1) is 11.8 Å². The van der Waals surface area contributed by atoms with Gasteiger partial charge in [0, 0.05) is 18.1 Å². The number of carbonyl (C=O) groups is 1. The lowest BCUT2D eigenvalue weighted by Crippen LogP contribution is -2.12. The Balaban J connectivity index is 2.33. The summed E-state index contributed by atoms with van der Waals surface area (Å²) >= 11 is 2.62. The lowest BCUT2D eigenvalue weighted by atomic mass is 10.3. The number of hydrogen-bond acceptors (Lipinski definition) is 6. The van der Waals surface area contributed by atoms with Crippen LogP contribution >= 0.6 is 23.3 Å². The molecule has 2 rings (SSSR count). The minimum atomic E-state index is -0.473. The van der Waals surface area contributed by atoms with Gasteiger partial charge in [0.05, 0.1) is 0 Å². The zero-order valence-electron chi connectivity index (χ0n) is 9.01. The normalized spacial score (nSPS) is 10.2. The van der Waals surface area contributed by atoms with Crippen molar-refractivity contribution < 1.29 is 4.79 Å². The number of nitrogens with one attached hydrogen (secondary N) is 1. The number of nitrogens with two attached hydrogens (primary N) is 1. The van der Waals surface area contributed by atoms with Crippen LogP contribution in [0.4, 0.5) is 10.7 Å². The van der Waals surface area contributed by atoms with E-state index >= 15 is 0 Å². The van der Waals surface area contributed by atoms with E-state index in [9.17, 15) is 4.79 Å². The third kappa shape index (κ3) is 2.56. The van der Waals surface area contributed by atoms with Crippen LogP contribution in [-0.4, -0.2) is 21.5 Å². The Bertz CT molecular complexity index is 526. The highest BCUT2D eigenvalue weighted by Crippen LogP contribution is 2.32. The Hall–Kier alpha value is -1.60. The molecule has 0 radical (unpaired) electrons. The SMILES string of the molecule is CSc1nsc(Nc2ccncc2)c1C(N)=O. The molecule has 0 aliphatic carbocycles. The predicted octanol–water partition coefficient (Wildman–Crippen LogP) is 2.10. The molecule has 88 valence electrons. The quantitative estimate of drug-likeness (QED) is 0.828. The highest BCUT2D eigenvalue weighted by molar-refractivity contribution is 7.98. The number of hydrogen-bond donors (Lipinski definition) is 2. The molecule has 0 spiro atoms. The third-order valence-electron chi connectivity index (χ3n) is 2.04. The number of nitrogens with zero attached hydrogens (tertiary/aromatic N) is 2. The summed E-state index contributed by atoms with van der Waals surface area (Å²) in [6, 6.07) is 3.62. The molecule has 2 aromatic heterocycles. The number of thioether (sulfide) groups is 1. The molecule has 0 atom stereocenters. The second kappa shape index (κ2) is 5.15. The summed E-state index contributed by atoms with van der Waals surface area (Å²) < 4.78 is 4.18. The van der Waals surface area contributed by atoms with Crippen molar-refractivity contribution in [2.24, 2.45) is 5.73 Å². The van der Waals surface area contributed by atoms with Gasteiger partial charge in [0.1, 0.15) is 15.6 Å². The van der Waals surface area contributed by atoms with Crippen molar-refractivity contribution in [3.8, 4) is 0 Å². The van der Waals surface area contributed by atoms with Crippen molar-refractivity contribution in [2.75, 3.05) is 11.6 Å². The van der Waals surface area contributed by atoms with Crippen LogP contribution in [0, 0.1) is 0 Å². The van der Waals surface area contributed by atoms with E-state index < -0.39 is 5.91 Å². The van der Waals surface area contributed by atoms with E-state index in [1.807, 2.05) is 18.4 Å². The molecule has 2 heterocycles. The number of aromatic nitrogens is 2. The number of anilines is 2. The topological polar surface area (TPSA) is 80.9 Å². The second-order valence-electron chi connectivity index (χ2n) is 3.12. The molecule has 0 fully saturated rings. The summed E-state index contributed by atoms with van der Waals surface area (Å²) in [7, 11) is 0. The van der Waals surface area contributed by atoms with E-state index in [0.717, 1.165) is 5.69 Å². The minimum Gasteiger partial charge on any atom is -0.365 e. The Kier molecular flexibility index (Phi) is 3.60. The van der Waals surface area contributed by atoms with Crippen molar-refractivity contribution in [1.82, 2.24) is 9.36 Å². The van der Waals surface area contributed by atoms with Crippen LogP contribution in [0.5, 0.6) is 0 Å². The van der Waals surface area contributed by atoms with Crippen LogP contribution in [-0.2, 0) is 0 Å². The van der Waals surface area contributed by atoms with Crippen LogP contribution in [0.3, 0.4) is 0 Å². The summed E-state index contributed by atoms with van der Waals surface area (Å²) in [5.41, 5.74) is 6.64. The summed E-state index contributed by atoms with van der Waals surface area (Å²) in [6.07, 6.45) is 5.20. The average Bonchev–Trinajstić information content (AvgIpc) is 2.73. The maximum atomic E-state index is 11.4. The van der Waals surface area contributed by atoms with Gasteiger partial charge in [-0.1, -0.05) is 0 Å². The number of carbonyl (C=O) groups excluding carboxylic acids is 1. The summed E-state index contributed by atoms with van der Waals surface area (Å²) in [4.78, 5) is 15.3. The van der Waals surface area contributed by atoms with Crippen molar-refractivity contribution >= 4 is 39.9 Å². The average molecular weight is 266 g/mol. The first-order chi connectivity index (χ1) is 8.22. The number of rotatable bonds is 4. The van der Waals surface area contributed by atoms with Gasteiger partial charge >= 0.3 is 0 Å². The molecule has 0 bridgehead atoms. The van der Waals surface area contributed by atoms with Crippen molar-refractivity contribution in [3.05, 3.63) is 30.1 Å². The molecule has 3 N–H and O–H groups in total. The monoisotopic (exact) mass is 266 g/mol. The Morgan fingerprint density at radius 3 is 2.76 bits per heavy atom. The van der Waals surface area contributed by atoms with Gasteiger partial charge in [-0.05, 0) is 29.9 Å². The van der Waals surface area contributed by atoms with Gasteiger partial charge in [-0.25, -0.2) is 0 Å². The minimum absolute atomic E-state index is 0.444. The first kappa shape index (κ1) is 11.9. The molecule has 1 amide bonds. The molecule has 0 aliphatic rings. The fourth-order valence-corrected chi connectivity index (χ4v) is 2.88. The smallest absolute Gasteiger partial charge is 0.254 e. The van der Waals surface area contributed by atoms with Gasteiger partial charge in [-0.2, -0.15) is 4.37 Å². The highest BCUT2D eigenvalue weighted by atomic mass is 32.2. The van der Waals surface area contributed by atoms with E-state index in [4.69, 9.17) is 5.73 Å². The number of pyridine rings is 1. The van der Waals surface area contributed by atoms with Crippen molar-refractivity contribution in [1.29, 1.82) is 0 Å². The second-order valence-corrected chi connectivity index (χ2v) is 4.69. The maximum Gasteiger partial charge on any atom is 0.254 e. The number of amides is 1. The zero-order valence-corrected chi connectivity index (χ0v) is 10.6. The Morgan fingerprint density at radius 1 is 1.47 bits per heavy atom. The van der Waals surface area contributed by atoms with Crippen LogP contribution in [0.25, 0.3) is 0 Å². The maximum absolute atomic E-state index is 11.4. The lowest BCUT2D eigenvalue weighted by Gasteiger charge is -2.04. The molecule has 17 heavy (non-hydrogen) atoms. The molecule has 0 aromatic carbocycles. The van der Waals surface area contributed by atoms with Gasteiger partial charge in [0.25, 0.3) is 5.91 Å². The first-order valence-electron chi connectivity index (χ1n) is 4.73. The Labute approximate surface area is 107 Å². The molecule has 0 unspecified atom stereocenters. The largest absolute Gasteiger partial charge is 0.365 e. The van der Waals surface area contributed by atoms with E-state index in [1.165, 1.54) is 23.3 Å². The van der Waals surface area contributed by atoms with Crippen LogP contribution in [0.2, 0.25) is 0 Å². The van der Waals surface area contributed by atoms with E-state index in [0.29, 0.717) is 15.6 Å². The van der Waals surface area contributed by atoms with Crippen LogP contribution < -0.4 is 11.1 Å². The molecular formula is C10H10N4OS2. The molecule has 0 saturated heterocycles. The fourth-order valence-electron chi connectivity index (χ4n) is 1.28. The first-order valence-corrected chi connectivity index (χ1v) is 6.72.